The molecule has 1 aliphatic carbocycles. The summed E-state index contributed by atoms with van der Waals surface area (Å²) in [4.78, 5) is 0. The first-order chi connectivity index (χ1) is 6.48. The summed E-state index contributed by atoms with van der Waals surface area (Å²) in [5, 5.41) is 0. The Balaban J connectivity index is 0.00000112. The summed E-state index contributed by atoms with van der Waals surface area (Å²) in [5.74, 6) is -0.510. The molecule has 0 aliphatic heterocycles. The molecule has 0 nitrogen and oxygen atoms in total. The van der Waals surface area contributed by atoms with E-state index in [9.17, 15) is 17.3 Å². The van der Waals surface area contributed by atoms with Crippen LogP contribution in [-0.2, 0) is 0 Å². The van der Waals surface area contributed by atoms with Crippen LogP contribution in [0, 0.1) is 5.82 Å². The Kier molecular flexibility index (Phi) is 4.45. The van der Waals surface area contributed by atoms with Crippen molar-refractivity contribution in [3.05, 3.63) is 29.6 Å². The summed E-state index contributed by atoms with van der Waals surface area (Å²) >= 11 is 0. The largest absolute Gasteiger partial charge is 1.00 e. The van der Waals surface area contributed by atoms with Crippen molar-refractivity contribution in [2.75, 3.05) is 0 Å². The molecule has 0 radical (unpaired) electrons. The molecule has 0 saturated heterocycles. The van der Waals surface area contributed by atoms with E-state index in [0.717, 1.165) is 31.0 Å². The Morgan fingerprint density at radius 2 is 1.73 bits per heavy atom. The van der Waals surface area contributed by atoms with Gasteiger partial charge in [-0.15, -0.1) is 5.46 Å². The van der Waals surface area contributed by atoms with Crippen molar-refractivity contribution in [1.82, 2.24) is 0 Å². The van der Waals surface area contributed by atoms with E-state index in [1.165, 1.54) is 0 Å². The molecule has 1 saturated carbocycles. The molecular weight excluding hydrogens is 234 g/mol. The van der Waals surface area contributed by atoms with Gasteiger partial charge in [-0.3, -0.25) is 0 Å². The normalized spacial score (nSPS) is 16.0. The molecule has 15 heavy (non-hydrogen) atoms. The third-order valence-corrected chi connectivity index (χ3v) is 2.42. The van der Waals surface area contributed by atoms with Crippen LogP contribution in [0.15, 0.2) is 18.2 Å². The van der Waals surface area contributed by atoms with Crippen molar-refractivity contribution in [2.45, 2.75) is 18.8 Å². The van der Waals surface area contributed by atoms with E-state index >= 15 is 0 Å². The summed E-state index contributed by atoms with van der Waals surface area (Å²) < 4.78 is 50.1. The second-order valence-corrected chi connectivity index (χ2v) is 3.63. The van der Waals surface area contributed by atoms with Crippen LogP contribution >= 0.6 is 0 Å². The van der Waals surface area contributed by atoms with Gasteiger partial charge in [-0.25, -0.2) is 4.39 Å². The number of benzene rings is 1. The van der Waals surface area contributed by atoms with E-state index in [2.05, 4.69) is 0 Å². The number of rotatable bonds is 2. The molecule has 0 N–H and O–H groups in total. The van der Waals surface area contributed by atoms with Crippen LogP contribution < -0.4 is 56.8 Å². The zero-order chi connectivity index (χ0) is 10.3. The van der Waals surface area contributed by atoms with Crippen LogP contribution in [0.3, 0.4) is 0 Å². The minimum atomic E-state index is -5.01. The molecule has 6 heteroatoms. The maximum absolute atomic E-state index is 13.1. The van der Waals surface area contributed by atoms with Crippen LogP contribution in [0.25, 0.3) is 0 Å². The van der Waals surface area contributed by atoms with Crippen molar-refractivity contribution in [3.63, 3.8) is 0 Å². The average Bonchev–Trinajstić information content (AvgIpc) is 2.85. The second-order valence-electron chi connectivity index (χ2n) is 3.63. The van der Waals surface area contributed by atoms with Gasteiger partial charge < -0.3 is 12.9 Å². The Morgan fingerprint density at radius 3 is 2.20 bits per heavy atom. The van der Waals surface area contributed by atoms with Gasteiger partial charge in [-0.2, -0.15) is 0 Å². The standard InChI is InChI=1S/C9H8BF4.K/c11-9-4-3-7(10(12,13)14)5-8(9)6-1-2-6;/h3-6H,1-2H2;/q-1;+1. The molecular formula is C9H8BF4K. The molecule has 0 atom stereocenters. The quantitative estimate of drug-likeness (QED) is 0.496. The predicted octanol–water partition coefficient (Wildman–Crippen LogP) is -0.239. The van der Waals surface area contributed by atoms with E-state index in [0.29, 0.717) is 0 Å². The van der Waals surface area contributed by atoms with Gasteiger partial charge >= 0.3 is 58.4 Å². The Labute approximate surface area is 128 Å². The molecule has 0 heterocycles. The topological polar surface area (TPSA) is 0 Å². The van der Waals surface area contributed by atoms with Gasteiger partial charge in [0.05, 0.1) is 0 Å². The van der Waals surface area contributed by atoms with Crippen LogP contribution in [0.5, 0.6) is 0 Å². The maximum Gasteiger partial charge on any atom is 1.00 e. The van der Waals surface area contributed by atoms with Gasteiger partial charge in [-0.05, 0) is 30.4 Å². The van der Waals surface area contributed by atoms with E-state index < -0.39 is 18.3 Å². The van der Waals surface area contributed by atoms with Gasteiger partial charge in [0.15, 0.2) is 0 Å². The van der Waals surface area contributed by atoms with Gasteiger partial charge in [-0.1, -0.05) is 12.1 Å². The average molecular weight is 242 g/mol. The van der Waals surface area contributed by atoms with Crippen molar-refractivity contribution < 1.29 is 68.7 Å². The van der Waals surface area contributed by atoms with Crippen LogP contribution in [-0.4, -0.2) is 6.98 Å². The van der Waals surface area contributed by atoms with E-state index in [1.807, 2.05) is 0 Å². The first-order valence-corrected chi connectivity index (χ1v) is 4.48. The van der Waals surface area contributed by atoms with Crippen LogP contribution in [0.2, 0.25) is 0 Å². The number of hydrogen-bond acceptors (Lipinski definition) is 0. The fourth-order valence-electron chi connectivity index (χ4n) is 1.47. The summed E-state index contributed by atoms with van der Waals surface area (Å²) in [6, 6.07) is 2.67. The minimum absolute atomic E-state index is 0. The fraction of sp³-hybridized carbons (Fsp3) is 0.333. The predicted molar refractivity (Wildman–Crippen MR) is 47.1 cm³/mol. The first-order valence-electron chi connectivity index (χ1n) is 4.48. The monoisotopic (exact) mass is 242 g/mol. The molecule has 2 rings (SSSR count). The van der Waals surface area contributed by atoms with E-state index in [1.54, 1.807) is 0 Å². The van der Waals surface area contributed by atoms with Crippen molar-refractivity contribution in [2.24, 2.45) is 0 Å². The fourth-order valence-corrected chi connectivity index (χ4v) is 1.47. The van der Waals surface area contributed by atoms with Crippen LogP contribution in [0.1, 0.15) is 24.3 Å². The number of halogens is 4. The smallest absolute Gasteiger partial charge is 0.445 e. The Morgan fingerprint density at radius 1 is 1.13 bits per heavy atom. The second kappa shape index (κ2) is 4.87. The molecule has 76 valence electrons. The summed E-state index contributed by atoms with van der Waals surface area (Å²) in [6.07, 6.45) is 1.59. The van der Waals surface area contributed by atoms with Crippen LogP contribution in [0.4, 0.5) is 17.3 Å². The Hall–Kier alpha value is 0.641. The maximum atomic E-state index is 13.1. The van der Waals surface area contributed by atoms with Gasteiger partial charge in [0.25, 0.3) is 0 Å². The molecule has 0 aromatic heterocycles. The van der Waals surface area contributed by atoms with Gasteiger partial charge in [0.2, 0.25) is 0 Å². The van der Waals surface area contributed by atoms with E-state index in [4.69, 9.17) is 0 Å². The molecule has 0 unspecified atom stereocenters. The summed E-state index contributed by atoms with van der Waals surface area (Å²) in [7, 11) is 0. The SMILES string of the molecule is Fc1ccc([B-](F)(F)F)cc1C1CC1.[K+]. The summed E-state index contributed by atoms with van der Waals surface area (Å²) in [5.41, 5.74) is -0.477. The molecule has 1 aromatic carbocycles. The zero-order valence-corrected chi connectivity index (χ0v) is 11.4. The summed E-state index contributed by atoms with van der Waals surface area (Å²) in [6.45, 7) is -5.01. The molecule has 0 spiro atoms. The van der Waals surface area contributed by atoms with Gasteiger partial charge in [0.1, 0.15) is 5.82 Å². The molecule has 1 aliphatic rings. The van der Waals surface area contributed by atoms with Gasteiger partial charge in [0, 0.05) is 0 Å². The first kappa shape index (κ1) is 13.7. The minimum Gasteiger partial charge on any atom is -0.445 e. The van der Waals surface area contributed by atoms with Crippen molar-refractivity contribution in [1.29, 1.82) is 0 Å². The Bertz CT molecular complexity index is 360. The third-order valence-electron chi connectivity index (χ3n) is 2.42. The zero-order valence-electron chi connectivity index (χ0n) is 8.31. The molecule has 1 aromatic rings. The molecule has 0 amide bonds. The third kappa shape index (κ3) is 3.30. The van der Waals surface area contributed by atoms with E-state index in [-0.39, 0.29) is 62.9 Å². The molecule has 0 bridgehead atoms. The molecule has 1 fully saturated rings. The van der Waals surface area contributed by atoms with Crippen molar-refractivity contribution >= 4 is 12.4 Å². The van der Waals surface area contributed by atoms with Crippen molar-refractivity contribution in [3.8, 4) is 0 Å². The number of hydrogen-bond donors (Lipinski definition) is 0.